The minimum atomic E-state index is -1.13. The van der Waals surface area contributed by atoms with Crippen molar-refractivity contribution in [3.8, 4) is 0 Å². The summed E-state index contributed by atoms with van der Waals surface area (Å²) in [6.07, 6.45) is -0.673. The van der Waals surface area contributed by atoms with E-state index in [0.717, 1.165) is 12.2 Å². The monoisotopic (exact) mass is 494 g/mol. The van der Waals surface area contributed by atoms with E-state index >= 15 is 0 Å². The van der Waals surface area contributed by atoms with Gasteiger partial charge in [0.25, 0.3) is 0 Å². The number of benzene rings is 2. The SMILES string of the molecule is CC(=O)Nc1ccc(C(=O)[C@H](C)OC(=O)/C=C/C(=O)O[C@@H](C)C(=O)c2ccc(NC(C)=O)cc2)cc1. The summed E-state index contributed by atoms with van der Waals surface area (Å²) in [5.74, 6) is -3.35. The summed E-state index contributed by atoms with van der Waals surface area (Å²) >= 11 is 0. The van der Waals surface area contributed by atoms with Gasteiger partial charge in [-0.2, -0.15) is 0 Å². The Morgan fingerprint density at radius 2 is 0.917 bits per heavy atom. The van der Waals surface area contributed by atoms with E-state index < -0.39 is 35.7 Å². The van der Waals surface area contributed by atoms with Crippen LogP contribution in [0.25, 0.3) is 0 Å². The number of nitrogens with one attached hydrogen (secondary N) is 2. The molecule has 2 atom stereocenters. The number of carbonyl (C=O) groups is 6. The molecule has 0 heterocycles. The first-order valence-corrected chi connectivity index (χ1v) is 10.9. The Morgan fingerprint density at radius 3 is 1.19 bits per heavy atom. The molecular weight excluding hydrogens is 468 g/mol. The third kappa shape index (κ3) is 8.64. The van der Waals surface area contributed by atoms with Crippen molar-refractivity contribution in [3.05, 3.63) is 71.8 Å². The fraction of sp³-hybridized carbons (Fsp3) is 0.231. The minimum Gasteiger partial charge on any atom is -0.451 e. The van der Waals surface area contributed by atoms with Crippen LogP contribution < -0.4 is 10.6 Å². The lowest BCUT2D eigenvalue weighted by molar-refractivity contribution is -0.143. The van der Waals surface area contributed by atoms with Crippen LogP contribution in [-0.2, 0) is 28.7 Å². The standard InChI is InChI=1S/C26H26N2O8/c1-15(25(33)19-5-9-21(10-6-19)27-17(3)29)35-23(31)13-14-24(32)36-16(2)26(34)20-7-11-22(12-8-20)28-18(4)30/h5-16H,1-4H3,(H,27,29)(H,28,30)/b14-13+/t15-,16-/m0/s1. The van der Waals surface area contributed by atoms with E-state index in [1.165, 1.54) is 52.0 Å². The Kier molecular flexibility index (Phi) is 9.79. The lowest BCUT2D eigenvalue weighted by Gasteiger charge is -2.12. The normalized spacial score (nSPS) is 12.2. The number of Topliss-reactive ketones (excluding diaryl/α,β-unsaturated/α-hetero) is 2. The van der Waals surface area contributed by atoms with Crippen molar-refractivity contribution in [2.45, 2.75) is 39.9 Å². The average Bonchev–Trinajstić information content (AvgIpc) is 2.82. The van der Waals surface area contributed by atoms with Gasteiger partial charge in [0.15, 0.2) is 12.2 Å². The van der Waals surface area contributed by atoms with Gasteiger partial charge in [-0.3, -0.25) is 19.2 Å². The zero-order valence-corrected chi connectivity index (χ0v) is 20.2. The third-order valence-electron chi connectivity index (χ3n) is 4.66. The van der Waals surface area contributed by atoms with Crippen LogP contribution in [0.15, 0.2) is 60.7 Å². The summed E-state index contributed by atoms with van der Waals surface area (Å²) in [5.41, 5.74) is 1.56. The van der Waals surface area contributed by atoms with Crippen molar-refractivity contribution in [2.75, 3.05) is 10.6 Å². The molecule has 2 aromatic rings. The molecule has 0 saturated heterocycles. The molecule has 2 amide bonds. The van der Waals surface area contributed by atoms with Gasteiger partial charge in [-0.15, -0.1) is 0 Å². The number of ketones is 2. The van der Waals surface area contributed by atoms with Crippen LogP contribution in [0.4, 0.5) is 11.4 Å². The molecule has 0 spiro atoms. The van der Waals surface area contributed by atoms with E-state index in [2.05, 4.69) is 10.6 Å². The van der Waals surface area contributed by atoms with Crippen LogP contribution in [-0.4, -0.2) is 47.5 Å². The van der Waals surface area contributed by atoms with Gasteiger partial charge >= 0.3 is 11.9 Å². The van der Waals surface area contributed by atoms with E-state index in [-0.39, 0.29) is 22.9 Å². The van der Waals surface area contributed by atoms with Crippen molar-refractivity contribution in [3.63, 3.8) is 0 Å². The van der Waals surface area contributed by atoms with Gasteiger partial charge in [-0.1, -0.05) is 0 Å². The topological polar surface area (TPSA) is 145 Å². The smallest absolute Gasteiger partial charge is 0.331 e. The van der Waals surface area contributed by atoms with Crippen LogP contribution in [0.3, 0.4) is 0 Å². The average molecular weight is 495 g/mol. The van der Waals surface area contributed by atoms with Crippen molar-refractivity contribution < 1.29 is 38.2 Å². The van der Waals surface area contributed by atoms with Crippen LogP contribution in [0, 0.1) is 0 Å². The summed E-state index contributed by atoms with van der Waals surface area (Å²) in [5, 5.41) is 5.15. The maximum atomic E-state index is 12.4. The highest BCUT2D eigenvalue weighted by Crippen LogP contribution is 2.14. The van der Waals surface area contributed by atoms with Gasteiger partial charge in [-0.25, -0.2) is 9.59 Å². The van der Waals surface area contributed by atoms with E-state index in [0.29, 0.717) is 11.4 Å². The molecule has 0 aromatic heterocycles. The number of anilines is 2. The first-order valence-electron chi connectivity index (χ1n) is 10.9. The summed E-state index contributed by atoms with van der Waals surface area (Å²) in [4.78, 5) is 71.0. The lowest BCUT2D eigenvalue weighted by atomic mass is 10.1. The number of esters is 2. The summed E-state index contributed by atoms with van der Waals surface area (Å²) in [7, 11) is 0. The number of amides is 2. The zero-order chi connectivity index (χ0) is 26.8. The Morgan fingerprint density at radius 1 is 0.611 bits per heavy atom. The van der Waals surface area contributed by atoms with Gasteiger partial charge in [0.1, 0.15) is 0 Å². The number of carbonyl (C=O) groups excluding carboxylic acids is 6. The quantitative estimate of drug-likeness (QED) is 0.291. The predicted octanol–water partition coefficient (Wildman–Crippen LogP) is 3.09. The first-order chi connectivity index (χ1) is 17.0. The second-order valence-corrected chi connectivity index (χ2v) is 7.74. The third-order valence-corrected chi connectivity index (χ3v) is 4.66. The van der Waals surface area contributed by atoms with Crippen LogP contribution >= 0.6 is 0 Å². The Balaban J connectivity index is 1.86. The van der Waals surface area contributed by atoms with E-state index in [1.807, 2.05) is 0 Å². The molecule has 0 aliphatic rings. The maximum absolute atomic E-state index is 12.4. The molecule has 0 aliphatic heterocycles. The lowest BCUT2D eigenvalue weighted by Crippen LogP contribution is -2.24. The van der Waals surface area contributed by atoms with Crippen molar-refractivity contribution in [1.29, 1.82) is 0 Å². The van der Waals surface area contributed by atoms with E-state index in [1.54, 1.807) is 24.3 Å². The number of ether oxygens (including phenoxy) is 2. The Labute approximate surface area is 207 Å². The molecule has 0 saturated carbocycles. The molecule has 0 aliphatic carbocycles. The molecule has 36 heavy (non-hydrogen) atoms. The molecule has 0 fully saturated rings. The highest BCUT2D eigenvalue weighted by molar-refractivity contribution is 6.03. The van der Waals surface area contributed by atoms with Crippen molar-refractivity contribution in [1.82, 2.24) is 0 Å². The second kappa shape index (κ2) is 12.7. The summed E-state index contributed by atoms with van der Waals surface area (Å²) in [6, 6.07) is 12.1. The van der Waals surface area contributed by atoms with Crippen LogP contribution in [0.1, 0.15) is 48.4 Å². The van der Waals surface area contributed by atoms with Crippen molar-refractivity contribution in [2.24, 2.45) is 0 Å². The van der Waals surface area contributed by atoms with Crippen LogP contribution in [0.2, 0.25) is 0 Å². The predicted molar refractivity (Wildman–Crippen MR) is 130 cm³/mol. The van der Waals surface area contributed by atoms with Gasteiger partial charge in [0.2, 0.25) is 23.4 Å². The molecule has 0 radical (unpaired) electrons. The molecule has 10 heteroatoms. The molecule has 0 bridgehead atoms. The fourth-order valence-corrected chi connectivity index (χ4v) is 2.98. The Bertz CT molecular complexity index is 1090. The molecule has 2 aromatic carbocycles. The van der Waals surface area contributed by atoms with E-state index in [4.69, 9.17) is 9.47 Å². The number of hydrogen-bond acceptors (Lipinski definition) is 8. The highest BCUT2D eigenvalue weighted by atomic mass is 16.6. The molecule has 2 rings (SSSR count). The van der Waals surface area contributed by atoms with Gasteiger partial charge in [-0.05, 0) is 62.4 Å². The Hall–Kier alpha value is -4.60. The minimum absolute atomic E-state index is 0.252. The molecule has 188 valence electrons. The maximum Gasteiger partial charge on any atom is 0.331 e. The molecule has 0 unspecified atom stereocenters. The first kappa shape index (κ1) is 27.6. The highest BCUT2D eigenvalue weighted by Gasteiger charge is 2.20. The van der Waals surface area contributed by atoms with Crippen LogP contribution in [0.5, 0.6) is 0 Å². The number of rotatable bonds is 10. The van der Waals surface area contributed by atoms with Gasteiger partial charge in [0.05, 0.1) is 0 Å². The summed E-state index contributed by atoms with van der Waals surface area (Å²) in [6.45, 7) is 5.48. The molecule has 10 nitrogen and oxygen atoms in total. The number of hydrogen-bond donors (Lipinski definition) is 2. The fourth-order valence-electron chi connectivity index (χ4n) is 2.98. The second-order valence-electron chi connectivity index (χ2n) is 7.74. The van der Waals surface area contributed by atoms with Gasteiger partial charge in [0, 0.05) is 48.5 Å². The van der Waals surface area contributed by atoms with Gasteiger partial charge < -0.3 is 20.1 Å². The largest absolute Gasteiger partial charge is 0.451 e. The zero-order valence-electron chi connectivity index (χ0n) is 20.2. The van der Waals surface area contributed by atoms with Crippen molar-refractivity contribution >= 4 is 46.7 Å². The molecular formula is C26H26N2O8. The van der Waals surface area contributed by atoms with E-state index in [9.17, 15) is 28.8 Å². The molecule has 2 N–H and O–H groups in total. The summed E-state index contributed by atoms with van der Waals surface area (Å²) < 4.78 is 10.0.